The molecular weight excluding hydrogens is 305 g/mol. The fraction of sp³-hybridized carbons (Fsp3) is 0.0667. The average molecular weight is 319 g/mol. The van der Waals surface area contributed by atoms with Crippen LogP contribution in [0.15, 0.2) is 47.6 Å². The Morgan fingerprint density at radius 1 is 1.14 bits per heavy atom. The Hall–Kier alpha value is -2.67. The number of hydrogen-bond acceptors (Lipinski definition) is 4. The van der Waals surface area contributed by atoms with Crippen LogP contribution in [-0.2, 0) is 6.54 Å². The molecule has 0 heterocycles. The predicted molar refractivity (Wildman–Crippen MR) is 86.3 cm³/mol. The van der Waals surface area contributed by atoms with Gasteiger partial charge in [0.15, 0.2) is 16.6 Å². The van der Waals surface area contributed by atoms with Crippen molar-refractivity contribution in [3.05, 3.63) is 59.4 Å². The molecule has 0 saturated carbocycles. The highest BCUT2D eigenvalue weighted by Crippen LogP contribution is 2.23. The summed E-state index contributed by atoms with van der Waals surface area (Å²) in [6, 6.07) is 10.4. The van der Waals surface area contributed by atoms with E-state index >= 15 is 0 Å². The molecular formula is C15H14FN3O2S. The molecule has 2 aromatic carbocycles. The van der Waals surface area contributed by atoms with Gasteiger partial charge in [0.05, 0.1) is 6.21 Å². The lowest BCUT2D eigenvalue weighted by Gasteiger charge is -2.07. The predicted octanol–water partition coefficient (Wildman–Crippen LogP) is 2.24. The maximum atomic E-state index is 12.8. The Balaban J connectivity index is 1.80. The quantitative estimate of drug-likeness (QED) is 0.301. The van der Waals surface area contributed by atoms with Crippen molar-refractivity contribution >= 4 is 23.5 Å². The lowest BCUT2D eigenvalue weighted by molar-refractivity contribution is 0.403. The van der Waals surface area contributed by atoms with E-state index in [1.807, 2.05) is 0 Å². The van der Waals surface area contributed by atoms with Crippen molar-refractivity contribution in [1.29, 1.82) is 0 Å². The molecule has 0 bridgehead atoms. The van der Waals surface area contributed by atoms with Crippen molar-refractivity contribution < 1.29 is 14.6 Å². The smallest absolute Gasteiger partial charge is 0.187 e. The first-order chi connectivity index (χ1) is 10.5. The van der Waals surface area contributed by atoms with Gasteiger partial charge >= 0.3 is 0 Å². The third-order valence-electron chi connectivity index (χ3n) is 2.75. The van der Waals surface area contributed by atoms with Crippen molar-refractivity contribution in [2.24, 2.45) is 5.10 Å². The second-order valence-corrected chi connectivity index (χ2v) is 4.84. The summed E-state index contributed by atoms with van der Waals surface area (Å²) in [6.07, 6.45) is 1.45. The summed E-state index contributed by atoms with van der Waals surface area (Å²) in [7, 11) is 0. The number of hydrogen-bond donors (Lipinski definition) is 4. The number of phenolic OH excluding ortho intramolecular Hbond substituents is 2. The summed E-state index contributed by atoms with van der Waals surface area (Å²) < 4.78 is 12.8. The lowest BCUT2D eigenvalue weighted by atomic mass is 10.2. The van der Waals surface area contributed by atoms with Crippen molar-refractivity contribution in [3.63, 3.8) is 0 Å². The number of benzene rings is 2. The van der Waals surface area contributed by atoms with Crippen LogP contribution in [0.25, 0.3) is 0 Å². The van der Waals surface area contributed by atoms with Gasteiger partial charge in [-0.3, -0.25) is 5.43 Å². The number of nitrogens with zero attached hydrogens (tertiary/aromatic N) is 1. The largest absolute Gasteiger partial charge is 0.504 e. The Morgan fingerprint density at radius 3 is 2.55 bits per heavy atom. The number of aromatic hydroxyl groups is 2. The number of phenols is 2. The molecule has 0 aliphatic carbocycles. The van der Waals surface area contributed by atoms with E-state index in [2.05, 4.69) is 15.8 Å². The molecule has 0 aliphatic heterocycles. The Labute approximate surface area is 132 Å². The average Bonchev–Trinajstić information content (AvgIpc) is 2.50. The van der Waals surface area contributed by atoms with E-state index in [9.17, 15) is 14.6 Å². The summed E-state index contributed by atoms with van der Waals surface area (Å²) in [4.78, 5) is 0. The number of rotatable bonds is 4. The number of hydrazone groups is 1. The van der Waals surface area contributed by atoms with E-state index in [4.69, 9.17) is 12.2 Å². The maximum Gasteiger partial charge on any atom is 0.187 e. The molecule has 0 unspecified atom stereocenters. The Morgan fingerprint density at radius 2 is 1.86 bits per heavy atom. The standard InChI is InChI=1S/C15H14FN3O2S/c16-12-4-1-10(2-5-12)8-17-15(22)19-18-9-11-3-6-13(20)14(21)7-11/h1-7,9,20-21H,8H2,(H2,17,19,22)/b18-9+. The second kappa shape index (κ2) is 7.37. The van der Waals surface area contributed by atoms with Gasteiger partial charge in [0.2, 0.25) is 0 Å². The van der Waals surface area contributed by atoms with Gasteiger partial charge in [-0.2, -0.15) is 5.10 Å². The minimum atomic E-state index is -0.286. The van der Waals surface area contributed by atoms with Gasteiger partial charge in [0.1, 0.15) is 5.82 Å². The van der Waals surface area contributed by atoms with E-state index < -0.39 is 0 Å². The molecule has 0 fully saturated rings. The fourth-order valence-electron chi connectivity index (χ4n) is 1.61. The van der Waals surface area contributed by atoms with Crippen LogP contribution in [0, 0.1) is 5.82 Å². The van der Waals surface area contributed by atoms with Crippen LogP contribution in [-0.4, -0.2) is 21.5 Å². The van der Waals surface area contributed by atoms with Crippen LogP contribution in [0.1, 0.15) is 11.1 Å². The van der Waals surface area contributed by atoms with Gasteiger partial charge in [-0.15, -0.1) is 0 Å². The molecule has 22 heavy (non-hydrogen) atoms. The summed E-state index contributed by atoms with van der Waals surface area (Å²) in [5, 5.41) is 25.7. The minimum Gasteiger partial charge on any atom is -0.504 e. The van der Waals surface area contributed by atoms with Crippen LogP contribution >= 0.6 is 12.2 Å². The zero-order chi connectivity index (χ0) is 15.9. The SMILES string of the molecule is Oc1ccc(/C=N/NC(=S)NCc2ccc(F)cc2)cc1O. The van der Waals surface area contributed by atoms with Crippen molar-refractivity contribution in [1.82, 2.24) is 10.7 Å². The summed E-state index contributed by atoms with van der Waals surface area (Å²) in [5.74, 6) is -0.700. The van der Waals surface area contributed by atoms with E-state index in [1.54, 1.807) is 18.2 Å². The molecule has 0 spiro atoms. The summed E-state index contributed by atoms with van der Waals surface area (Å²) in [5.41, 5.74) is 4.11. The first-order valence-electron chi connectivity index (χ1n) is 6.38. The number of halogens is 1. The van der Waals surface area contributed by atoms with E-state index in [-0.39, 0.29) is 17.3 Å². The lowest BCUT2D eigenvalue weighted by Crippen LogP contribution is -2.31. The van der Waals surface area contributed by atoms with Crippen molar-refractivity contribution in [2.45, 2.75) is 6.54 Å². The van der Waals surface area contributed by atoms with Gasteiger partial charge in [-0.1, -0.05) is 12.1 Å². The fourth-order valence-corrected chi connectivity index (χ4v) is 1.74. The molecule has 7 heteroatoms. The third kappa shape index (κ3) is 4.71. The molecule has 5 nitrogen and oxygen atoms in total. The molecule has 0 atom stereocenters. The van der Waals surface area contributed by atoms with Gasteiger partial charge < -0.3 is 15.5 Å². The molecule has 114 valence electrons. The molecule has 0 saturated heterocycles. The third-order valence-corrected chi connectivity index (χ3v) is 2.98. The topological polar surface area (TPSA) is 76.9 Å². The highest BCUT2D eigenvalue weighted by atomic mass is 32.1. The van der Waals surface area contributed by atoms with Crippen LogP contribution in [0.3, 0.4) is 0 Å². The minimum absolute atomic E-state index is 0.193. The van der Waals surface area contributed by atoms with Crippen molar-refractivity contribution in [3.8, 4) is 11.5 Å². The molecule has 0 aromatic heterocycles. The number of nitrogens with one attached hydrogen (secondary N) is 2. The molecule has 2 rings (SSSR count). The first kappa shape index (κ1) is 15.7. The monoisotopic (exact) mass is 319 g/mol. The normalized spacial score (nSPS) is 10.6. The van der Waals surface area contributed by atoms with E-state index in [0.717, 1.165) is 5.56 Å². The van der Waals surface area contributed by atoms with Crippen LogP contribution in [0.4, 0.5) is 4.39 Å². The van der Waals surface area contributed by atoms with Gasteiger partial charge in [0.25, 0.3) is 0 Å². The summed E-state index contributed by atoms with van der Waals surface area (Å²) in [6.45, 7) is 0.446. The van der Waals surface area contributed by atoms with E-state index in [1.165, 1.54) is 30.5 Å². The van der Waals surface area contributed by atoms with E-state index in [0.29, 0.717) is 17.2 Å². The van der Waals surface area contributed by atoms with Gasteiger partial charge in [0, 0.05) is 6.54 Å². The van der Waals surface area contributed by atoms with Crippen molar-refractivity contribution in [2.75, 3.05) is 0 Å². The molecule has 0 radical (unpaired) electrons. The Bertz CT molecular complexity index is 690. The van der Waals surface area contributed by atoms with Crippen LogP contribution < -0.4 is 10.7 Å². The molecule has 4 N–H and O–H groups in total. The zero-order valence-electron chi connectivity index (χ0n) is 11.5. The second-order valence-electron chi connectivity index (χ2n) is 4.43. The number of thiocarbonyl (C=S) groups is 1. The zero-order valence-corrected chi connectivity index (χ0v) is 12.3. The molecule has 0 aliphatic rings. The highest BCUT2D eigenvalue weighted by Gasteiger charge is 1.99. The maximum absolute atomic E-state index is 12.8. The molecule has 2 aromatic rings. The van der Waals surface area contributed by atoms with Gasteiger partial charge in [-0.25, -0.2) is 4.39 Å². The van der Waals surface area contributed by atoms with Gasteiger partial charge in [-0.05, 0) is 53.7 Å². The highest BCUT2D eigenvalue weighted by molar-refractivity contribution is 7.80. The van der Waals surface area contributed by atoms with Crippen LogP contribution in [0.2, 0.25) is 0 Å². The van der Waals surface area contributed by atoms with Crippen LogP contribution in [0.5, 0.6) is 11.5 Å². The first-order valence-corrected chi connectivity index (χ1v) is 6.79. The Kier molecular flexibility index (Phi) is 5.26. The molecule has 0 amide bonds. The summed E-state index contributed by atoms with van der Waals surface area (Å²) >= 11 is 5.04.